The maximum atomic E-state index is 11.3. The van der Waals surface area contributed by atoms with Crippen molar-refractivity contribution >= 4 is 17.9 Å². The molecule has 0 unspecified atom stereocenters. The molecule has 3 amide bonds. The molecule has 1 heterocycles. The molecule has 3 N–H and O–H groups in total. The zero-order valence-corrected chi connectivity index (χ0v) is 8.77. The lowest BCUT2D eigenvalue weighted by atomic mass is 10.0. The van der Waals surface area contributed by atoms with Gasteiger partial charge in [0.05, 0.1) is 5.56 Å². The lowest BCUT2D eigenvalue weighted by Gasteiger charge is -2.07. The topological polar surface area (TPSA) is 95.5 Å². The first-order chi connectivity index (χ1) is 8.06. The molecule has 1 aromatic rings. The molecule has 0 aliphatic carbocycles. The highest BCUT2D eigenvalue weighted by molar-refractivity contribution is 6.04. The van der Waals surface area contributed by atoms with Gasteiger partial charge in [0, 0.05) is 6.42 Å². The van der Waals surface area contributed by atoms with Gasteiger partial charge < -0.3 is 10.4 Å². The van der Waals surface area contributed by atoms with Crippen LogP contribution in [0.2, 0.25) is 0 Å². The number of rotatable bonds is 3. The van der Waals surface area contributed by atoms with Crippen LogP contribution in [0.1, 0.15) is 15.9 Å². The van der Waals surface area contributed by atoms with Crippen molar-refractivity contribution in [3.63, 3.8) is 0 Å². The van der Waals surface area contributed by atoms with Crippen LogP contribution in [0, 0.1) is 0 Å². The largest absolute Gasteiger partial charge is 0.478 e. The second-order valence-electron chi connectivity index (χ2n) is 3.72. The Kier molecular flexibility index (Phi) is 2.78. The van der Waals surface area contributed by atoms with E-state index in [1.807, 2.05) is 0 Å². The molecule has 1 aromatic carbocycles. The first-order valence-corrected chi connectivity index (χ1v) is 5.00. The summed E-state index contributed by atoms with van der Waals surface area (Å²) in [6.45, 7) is 0. The number of imide groups is 1. The van der Waals surface area contributed by atoms with E-state index in [4.69, 9.17) is 5.11 Å². The average Bonchev–Trinajstić information content (AvgIpc) is 2.58. The van der Waals surface area contributed by atoms with Crippen molar-refractivity contribution in [2.45, 2.75) is 12.5 Å². The fourth-order valence-electron chi connectivity index (χ4n) is 1.62. The van der Waals surface area contributed by atoms with Gasteiger partial charge >= 0.3 is 12.0 Å². The van der Waals surface area contributed by atoms with Gasteiger partial charge in [-0.3, -0.25) is 10.1 Å². The molecule has 2 rings (SSSR count). The highest BCUT2D eigenvalue weighted by Crippen LogP contribution is 2.08. The smallest absolute Gasteiger partial charge is 0.335 e. The summed E-state index contributed by atoms with van der Waals surface area (Å²) in [7, 11) is 0. The third kappa shape index (κ3) is 2.41. The fraction of sp³-hybridized carbons (Fsp3) is 0.182. The minimum atomic E-state index is -0.997. The SMILES string of the molecule is O=C1NC(=O)[C@@H](Cc2ccc(C(=O)O)cc2)N1. The molecular weight excluding hydrogens is 224 g/mol. The van der Waals surface area contributed by atoms with Gasteiger partial charge in [-0.05, 0) is 17.7 Å². The maximum Gasteiger partial charge on any atom is 0.335 e. The lowest BCUT2D eigenvalue weighted by molar-refractivity contribution is -0.120. The summed E-state index contributed by atoms with van der Waals surface area (Å²) in [5, 5.41) is 13.3. The normalized spacial score (nSPS) is 18.7. The summed E-state index contributed by atoms with van der Waals surface area (Å²) in [6.07, 6.45) is 0.345. The quantitative estimate of drug-likeness (QED) is 0.648. The van der Waals surface area contributed by atoms with Crippen LogP contribution in [0.25, 0.3) is 0 Å². The second-order valence-corrected chi connectivity index (χ2v) is 3.72. The van der Waals surface area contributed by atoms with Crippen LogP contribution >= 0.6 is 0 Å². The zero-order valence-electron chi connectivity index (χ0n) is 8.77. The average molecular weight is 234 g/mol. The van der Waals surface area contributed by atoms with Gasteiger partial charge in [0.2, 0.25) is 0 Å². The Morgan fingerprint density at radius 2 is 1.88 bits per heavy atom. The van der Waals surface area contributed by atoms with Crippen LogP contribution in [0.3, 0.4) is 0 Å². The molecule has 0 spiro atoms. The summed E-state index contributed by atoms with van der Waals surface area (Å²) in [4.78, 5) is 32.8. The predicted molar refractivity (Wildman–Crippen MR) is 57.6 cm³/mol. The van der Waals surface area contributed by atoms with Crippen molar-refractivity contribution < 1.29 is 19.5 Å². The predicted octanol–water partition coefficient (Wildman–Crippen LogP) is 0.135. The van der Waals surface area contributed by atoms with Crippen LogP contribution in [-0.2, 0) is 11.2 Å². The van der Waals surface area contributed by atoms with Crippen molar-refractivity contribution in [3.05, 3.63) is 35.4 Å². The van der Waals surface area contributed by atoms with Gasteiger partial charge in [-0.25, -0.2) is 9.59 Å². The van der Waals surface area contributed by atoms with E-state index >= 15 is 0 Å². The van der Waals surface area contributed by atoms with E-state index in [1.54, 1.807) is 12.1 Å². The first kappa shape index (κ1) is 11.1. The highest BCUT2D eigenvalue weighted by atomic mass is 16.4. The van der Waals surface area contributed by atoms with E-state index in [2.05, 4.69) is 10.6 Å². The van der Waals surface area contributed by atoms with Crippen molar-refractivity contribution in [1.29, 1.82) is 0 Å². The summed E-state index contributed by atoms with van der Waals surface area (Å²) >= 11 is 0. The summed E-state index contributed by atoms with van der Waals surface area (Å²) in [5.74, 6) is -1.36. The maximum absolute atomic E-state index is 11.3. The number of benzene rings is 1. The Hall–Kier alpha value is -2.37. The van der Waals surface area contributed by atoms with Crippen LogP contribution in [-0.4, -0.2) is 29.1 Å². The molecule has 0 aromatic heterocycles. The number of carboxylic acid groups (broad SMARTS) is 1. The zero-order chi connectivity index (χ0) is 12.4. The van der Waals surface area contributed by atoms with Crippen LogP contribution < -0.4 is 10.6 Å². The number of carbonyl (C=O) groups excluding carboxylic acids is 2. The Bertz CT molecular complexity index is 481. The van der Waals surface area contributed by atoms with E-state index in [0.717, 1.165) is 5.56 Å². The molecule has 1 aliphatic rings. The summed E-state index contributed by atoms with van der Waals surface area (Å²) in [6, 6.07) is 5.10. The fourth-order valence-corrected chi connectivity index (χ4v) is 1.62. The minimum Gasteiger partial charge on any atom is -0.478 e. The standard InChI is InChI=1S/C11H10N2O4/c14-9-8(12-11(17)13-9)5-6-1-3-7(4-2-6)10(15)16/h1-4,8H,5H2,(H,15,16)(H2,12,13,14,17)/t8-/m1/s1. The number of carbonyl (C=O) groups is 3. The van der Waals surface area contributed by atoms with Crippen LogP contribution in [0.5, 0.6) is 0 Å². The third-order valence-electron chi connectivity index (χ3n) is 2.50. The van der Waals surface area contributed by atoms with Crippen LogP contribution in [0.15, 0.2) is 24.3 Å². The Labute approximate surface area is 96.6 Å². The molecule has 1 fully saturated rings. The van der Waals surface area contributed by atoms with Crippen LogP contribution in [0.4, 0.5) is 4.79 Å². The van der Waals surface area contributed by atoms with Gasteiger partial charge in [0.25, 0.3) is 5.91 Å². The number of hydrogen-bond acceptors (Lipinski definition) is 3. The number of hydrogen-bond donors (Lipinski definition) is 3. The number of nitrogens with one attached hydrogen (secondary N) is 2. The van der Waals surface area contributed by atoms with Gasteiger partial charge in [-0.2, -0.15) is 0 Å². The van der Waals surface area contributed by atoms with E-state index < -0.39 is 18.0 Å². The van der Waals surface area contributed by atoms with Crippen molar-refractivity contribution in [2.75, 3.05) is 0 Å². The van der Waals surface area contributed by atoms with Gasteiger partial charge in [0.1, 0.15) is 6.04 Å². The van der Waals surface area contributed by atoms with E-state index in [9.17, 15) is 14.4 Å². The third-order valence-corrected chi connectivity index (χ3v) is 2.50. The van der Waals surface area contributed by atoms with Gasteiger partial charge in [-0.15, -0.1) is 0 Å². The number of aromatic carboxylic acids is 1. The highest BCUT2D eigenvalue weighted by Gasteiger charge is 2.29. The van der Waals surface area contributed by atoms with Gasteiger partial charge in [-0.1, -0.05) is 12.1 Å². The Morgan fingerprint density at radius 1 is 1.24 bits per heavy atom. The van der Waals surface area contributed by atoms with Crippen molar-refractivity contribution in [1.82, 2.24) is 10.6 Å². The monoisotopic (exact) mass is 234 g/mol. The Balaban J connectivity index is 2.07. The van der Waals surface area contributed by atoms with E-state index in [0.29, 0.717) is 6.42 Å². The molecular formula is C11H10N2O4. The summed E-state index contributed by atoms with van der Waals surface area (Å²) in [5.41, 5.74) is 0.978. The van der Waals surface area contributed by atoms with Crippen molar-refractivity contribution in [2.24, 2.45) is 0 Å². The van der Waals surface area contributed by atoms with Crippen molar-refractivity contribution in [3.8, 4) is 0 Å². The minimum absolute atomic E-state index is 0.189. The molecule has 1 aliphatic heterocycles. The number of carboxylic acids is 1. The lowest BCUT2D eigenvalue weighted by Crippen LogP contribution is -2.31. The molecule has 1 saturated heterocycles. The second kappa shape index (κ2) is 4.25. The molecule has 17 heavy (non-hydrogen) atoms. The molecule has 88 valence electrons. The Morgan fingerprint density at radius 3 is 2.35 bits per heavy atom. The van der Waals surface area contributed by atoms with E-state index in [-0.39, 0.29) is 11.5 Å². The number of amides is 3. The molecule has 0 bridgehead atoms. The first-order valence-electron chi connectivity index (χ1n) is 5.00. The van der Waals surface area contributed by atoms with Gasteiger partial charge in [0.15, 0.2) is 0 Å². The molecule has 6 nitrogen and oxygen atoms in total. The summed E-state index contributed by atoms with van der Waals surface area (Å²) < 4.78 is 0. The molecule has 0 saturated carbocycles. The molecule has 1 atom stereocenters. The molecule has 6 heteroatoms. The van der Waals surface area contributed by atoms with E-state index in [1.165, 1.54) is 12.1 Å². The number of urea groups is 1. The molecule has 0 radical (unpaired) electrons.